The molecule has 0 aromatic heterocycles. The molecule has 0 fully saturated rings. The fourth-order valence-electron chi connectivity index (χ4n) is 4.22. The summed E-state index contributed by atoms with van der Waals surface area (Å²) in [7, 11) is 6.04. The molecule has 0 aliphatic rings. The van der Waals surface area contributed by atoms with Gasteiger partial charge in [0.2, 0.25) is 5.75 Å². The van der Waals surface area contributed by atoms with Crippen molar-refractivity contribution in [1.29, 1.82) is 0 Å². The third-order valence-electron chi connectivity index (χ3n) is 6.48. The lowest BCUT2D eigenvalue weighted by molar-refractivity contribution is -0.113. The summed E-state index contributed by atoms with van der Waals surface area (Å²) in [4.78, 5) is 39.2. The Labute approximate surface area is 255 Å². The van der Waals surface area contributed by atoms with Crippen molar-refractivity contribution in [3.05, 3.63) is 125 Å². The van der Waals surface area contributed by atoms with Gasteiger partial charge in [0.25, 0.3) is 11.8 Å². The number of amides is 2. The fraction of sp³-hybridized carbons (Fsp3) is 0.114. The van der Waals surface area contributed by atoms with Crippen molar-refractivity contribution in [2.24, 2.45) is 0 Å². The van der Waals surface area contributed by atoms with Crippen LogP contribution >= 0.6 is 0 Å². The first-order valence-electron chi connectivity index (χ1n) is 13.5. The second-order valence-corrected chi connectivity index (χ2v) is 9.34. The molecule has 4 aromatic rings. The van der Waals surface area contributed by atoms with Crippen LogP contribution in [0.1, 0.15) is 31.8 Å². The number of carbonyl (C=O) groups excluding carboxylic acids is 3. The second-order valence-electron chi connectivity index (χ2n) is 9.34. The average Bonchev–Trinajstić information content (AvgIpc) is 3.07. The van der Waals surface area contributed by atoms with Gasteiger partial charge < -0.3 is 29.6 Å². The number of hydrogen-bond donors (Lipinski definition) is 2. The van der Waals surface area contributed by atoms with Gasteiger partial charge in [0.1, 0.15) is 11.4 Å². The Hall–Kier alpha value is -5.83. The molecule has 0 saturated carbocycles. The lowest BCUT2D eigenvalue weighted by atomic mass is 10.1. The van der Waals surface area contributed by atoms with Crippen LogP contribution in [0.15, 0.2) is 103 Å². The monoisotopic (exact) mass is 592 g/mol. The molecule has 0 bridgehead atoms. The van der Waals surface area contributed by atoms with Gasteiger partial charge in [0.05, 0.1) is 28.4 Å². The summed E-state index contributed by atoms with van der Waals surface area (Å²) in [5, 5.41) is 5.48. The van der Waals surface area contributed by atoms with Crippen molar-refractivity contribution in [3.8, 4) is 23.0 Å². The summed E-state index contributed by atoms with van der Waals surface area (Å²) < 4.78 is 21.5. The molecule has 0 heterocycles. The molecule has 0 spiro atoms. The van der Waals surface area contributed by atoms with E-state index in [4.69, 9.17) is 18.9 Å². The zero-order valence-electron chi connectivity index (χ0n) is 24.8. The van der Waals surface area contributed by atoms with Gasteiger partial charge in [-0.15, -0.1) is 0 Å². The van der Waals surface area contributed by atoms with Crippen molar-refractivity contribution < 1.29 is 33.3 Å². The van der Waals surface area contributed by atoms with E-state index in [9.17, 15) is 14.4 Å². The summed E-state index contributed by atoms with van der Waals surface area (Å²) in [5.74, 6) is 0.589. The van der Waals surface area contributed by atoms with Crippen molar-refractivity contribution in [2.45, 2.75) is 0 Å². The zero-order valence-corrected chi connectivity index (χ0v) is 24.8. The van der Waals surface area contributed by atoms with Crippen LogP contribution in [-0.2, 0) is 4.79 Å². The maximum atomic E-state index is 13.5. The maximum absolute atomic E-state index is 13.5. The second kappa shape index (κ2) is 14.9. The summed E-state index contributed by atoms with van der Waals surface area (Å²) in [6.45, 7) is 0. The number of hydrogen-bond acceptors (Lipinski definition) is 7. The first kappa shape index (κ1) is 31.1. The van der Waals surface area contributed by atoms with Crippen LogP contribution in [0.3, 0.4) is 0 Å². The van der Waals surface area contributed by atoms with E-state index >= 15 is 0 Å². The molecule has 224 valence electrons. The zero-order chi connectivity index (χ0) is 31.5. The number of benzene rings is 4. The number of ketones is 1. The van der Waals surface area contributed by atoms with E-state index in [1.807, 2.05) is 24.3 Å². The summed E-state index contributed by atoms with van der Waals surface area (Å²) in [6.07, 6.45) is 4.68. The molecule has 2 amide bonds. The number of allylic oxidation sites excluding steroid dienone is 1. The molecule has 44 heavy (non-hydrogen) atoms. The van der Waals surface area contributed by atoms with Gasteiger partial charge in [-0.05, 0) is 83.9 Å². The molecule has 0 radical (unpaired) electrons. The van der Waals surface area contributed by atoms with E-state index < -0.39 is 11.8 Å². The minimum absolute atomic E-state index is 0.0329. The quantitative estimate of drug-likeness (QED) is 0.153. The Morgan fingerprint density at radius 1 is 0.659 bits per heavy atom. The Morgan fingerprint density at radius 2 is 1.34 bits per heavy atom. The van der Waals surface area contributed by atoms with Crippen LogP contribution in [0.5, 0.6) is 23.0 Å². The van der Waals surface area contributed by atoms with Gasteiger partial charge in [0, 0.05) is 16.8 Å². The molecule has 9 heteroatoms. The van der Waals surface area contributed by atoms with Gasteiger partial charge >= 0.3 is 0 Å². The Kier molecular flexibility index (Phi) is 10.5. The largest absolute Gasteiger partial charge is 0.497 e. The van der Waals surface area contributed by atoms with Crippen molar-refractivity contribution in [3.63, 3.8) is 0 Å². The average molecular weight is 593 g/mol. The van der Waals surface area contributed by atoms with E-state index in [0.717, 1.165) is 5.56 Å². The van der Waals surface area contributed by atoms with Crippen LogP contribution in [-0.4, -0.2) is 46.0 Å². The first-order chi connectivity index (χ1) is 21.3. The third kappa shape index (κ3) is 7.92. The Morgan fingerprint density at radius 3 is 1.95 bits per heavy atom. The molecule has 2 N–H and O–H groups in total. The molecule has 0 unspecified atom stereocenters. The highest BCUT2D eigenvalue weighted by molar-refractivity contribution is 6.11. The van der Waals surface area contributed by atoms with E-state index in [1.54, 1.807) is 79.9 Å². The lowest BCUT2D eigenvalue weighted by Crippen LogP contribution is -2.30. The molecule has 0 aliphatic heterocycles. The van der Waals surface area contributed by atoms with Gasteiger partial charge in [-0.1, -0.05) is 36.4 Å². The standard InChI is InChI=1S/C35H32N2O7/c1-41-28-12-8-9-23(19-28)13-18-30(38)25-14-16-27(17-15-25)36-35(40)29(37-34(39)26-10-6-5-7-11-26)20-24-21-31(42-2)33(44-4)32(22-24)43-3/h5-22H,1-4H3,(H,36,40)(H,37,39)/b18-13+,29-20-. The predicted octanol–water partition coefficient (Wildman–Crippen LogP) is 6.03. The highest BCUT2D eigenvalue weighted by Crippen LogP contribution is 2.38. The van der Waals surface area contributed by atoms with E-state index in [1.165, 1.54) is 33.5 Å². The Bertz CT molecular complexity index is 1670. The number of carbonyl (C=O) groups is 3. The van der Waals surface area contributed by atoms with Crippen molar-refractivity contribution >= 4 is 35.4 Å². The van der Waals surface area contributed by atoms with Crippen LogP contribution in [0.25, 0.3) is 12.2 Å². The van der Waals surface area contributed by atoms with Crippen LogP contribution in [0.2, 0.25) is 0 Å². The van der Waals surface area contributed by atoms with Crippen LogP contribution in [0, 0.1) is 0 Å². The summed E-state index contributed by atoms with van der Waals surface area (Å²) >= 11 is 0. The number of rotatable bonds is 12. The van der Waals surface area contributed by atoms with Crippen molar-refractivity contribution in [1.82, 2.24) is 5.32 Å². The van der Waals surface area contributed by atoms with Crippen LogP contribution < -0.4 is 29.6 Å². The smallest absolute Gasteiger partial charge is 0.272 e. The predicted molar refractivity (Wildman–Crippen MR) is 169 cm³/mol. The molecule has 0 saturated heterocycles. The van der Waals surface area contributed by atoms with E-state index in [0.29, 0.717) is 45.4 Å². The highest BCUT2D eigenvalue weighted by atomic mass is 16.5. The summed E-state index contributed by atoms with van der Waals surface area (Å²) in [5.41, 5.74) is 2.54. The van der Waals surface area contributed by atoms with Gasteiger partial charge in [-0.25, -0.2) is 0 Å². The highest BCUT2D eigenvalue weighted by Gasteiger charge is 2.18. The van der Waals surface area contributed by atoms with Gasteiger partial charge in [0.15, 0.2) is 17.3 Å². The third-order valence-corrected chi connectivity index (χ3v) is 6.48. The molecule has 0 atom stereocenters. The molecule has 9 nitrogen and oxygen atoms in total. The molecular weight excluding hydrogens is 560 g/mol. The molecule has 4 aromatic carbocycles. The van der Waals surface area contributed by atoms with E-state index in [-0.39, 0.29) is 11.5 Å². The number of anilines is 1. The Balaban J connectivity index is 1.57. The first-order valence-corrected chi connectivity index (χ1v) is 13.5. The number of nitrogens with one attached hydrogen (secondary N) is 2. The number of methoxy groups -OCH3 is 4. The maximum Gasteiger partial charge on any atom is 0.272 e. The summed E-state index contributed by atoms with van der Waals surface area (Å²) in [6, 6.07) is 25.6. The molecule has 0 aliphatic carbocycles. The van der Waals surface area contributed by atoms with E-state index in [2.05, 4.69) is 10.6 Å². The lowest BCUT2D eigenvalue weighted by Gasteiger charge is -2.14. The number of ether oxygens (including phenoxy) is 4. The minimum Gasteiger partial charge on any atom is -0.497 e. The van der Waals surface area contributed by atoms with Gasteiger partial charge in [-0.2, -0.15) is 0 Å². The molecular formula is C35H32N2O7. The topological polar surface area (TPSA) is 112 Å². The fourth-order valence-corrected chi connectivity index (χ4v) is 4.22. The normalized spacial score (nSPS) is 11.0. The molecule has 4 rings (SSSR count). The van der Waals surface area contributed by atoms with Crippen LogP contribution in [0.4, 0.5) is 5.69 Å². The minimum atomic E-state index is -0.583. The SMILES string of the molecule is COc1cccc(/C=C/C(=O)c2ccc(NC(=O)/C(=C/c3cc(OC)c(OC)c(OC)c3)NC(=O)c3ccccc3)cc2)c1. The van der Waals surface area contributed by atoms with Gasteiger partial charge in [-0.3, -0.25) is 14.4 Å². The van der Waals surface area contributed by atoms with Crippen molar-refractivity contribution in [2.75, 3.05) is 33.8 Å².